The number of hydrogen-bond donors (Lipinski definition) is 2. The third kappa shape index (κ3) is 10.6. The fraction of sp³-hybridized carbons (Fsp3) is 0.611. The predicted molar refractivity (Wildman–Crippen MR) is 97.8 cm³/mol. The van der Waals surface area contributed by atoms with Crippen LogP contribution >= 0.6 is 0 Å². The van der Waals surface area contributed by atoms with Gasteiger partial charge in [-0.25, -0.2) is 4.39 Å². The highest BCUT2D eigenvalue weighted by molar-refractivity contribution is 5.79. The van der Waals surface area contributed by atoms with E-state index in [4.69, 9.17) is 14.2 Å². The van der Waals surface area contributed by atoms with E-state index in [1.165, 1.54) is 12.1 Å². The number of rotatable bonds is 12. The summed E-state index contributed by atoms with van der Waals surface area (Å²) in [4.78, 5) is 4.18. The van der Waals surface area contributed by atoms with E-state index in [0.29, 0.717) is 25.5 Å². The molecule has 0 saturated carbocycles. The van der Waals surface area contributed by atoms with Crippen molar-refractivity contribution in [3.63, 3.8) is 0 Å². The standard InChI is InChI=1S/C18H30FN3O3/c1-15(25-17-8-6-16(19)7-9-17)14-22-18(20-2)21-10-4-5-11-24-13-12-23-3/h6-9,15H,4-5,10-14H2,1-3H3,(H2,20,21,22). The average Bonchev–Trinajstić information content (AvgIpc) is 2.62. The summed E-state index contributed by atoms with van der Waals surface area (Å²) in [6, 6.07) is 6.01. The maximum atomic E-state index is 12.9. The summed E-state index contributed by atoms with van der Waals surface area (Å²) in [6.45, 7) is 5.37. The van der Waals surface area contributed by atoms with Crippen LogP contribution in [0.15, 0.2) is 29.3 Å². The van der Waals surface area contributed by atoms with Crippen molar-refractivity contribution >= 4 is 5.96 Å². The van der Waals surface area contributed by atoms with Crippen molar-refractivity contribution in [1.82, 2.24) is 10.6 Å². The fourth-order valence-corrected chi connectivity index (χ4v) is 2.03. The molecule has 0 amide bonds. The van der Waals surface area contributed by atoms with E-state index in [0.717, 1.165) is 32.0 Å². The Morgan fingerprint density at radius 3 is 2.56 bits per heavy atom. The van der Waals surface area contributed by atoms with Gasteiger partial charge in [0.2, 0.25) is 0 Å². The molecule has 0 radical (unpaired) electrons. The van der Waals surface area contributed by atoms with Gasteiger partial charge in [0, 0.05) is 27.3 Å². The minimum absolute atomic E-state index is 0.0711. The van der Waals surface area contributed by atoms with Crippen LogP contribution in [0.1, 0.15) is 19.8 Å². The molecule has 2 N–H and O–H groups in total. The maximum Gasteiger partial charge on any atom is 0.191 e. The first-order valence-electron chi connectivity index (χ1n) is 8.59. The molecule has 0 spiro atoms. The second-order valence-electron chi connectivity index (χ2n) is 5.57. The number of aliphatic imine (C=N–C) groups is 1. The number of guanidine groups is 1. The zero-order valence-electron chi connectivity index (χ0n) is 15.4. The molecule has 0 saturated heterocycles. The number of halogens is 1. The molecule has 1 aromatic carbocycles. The van der Waals surface area contributed by atoms with Gasteiger partial charge in [0.25, 0.3) is 0 Å². The van der Waals surface area contributed by atoms with E-state index in [1.807, 2.05) is 6.92 Å². The fourth-order valence-electron chi connectivity index (χ4n) is 2.03. The van der Waals surface area contributed by atoms with Crippen molar-refractivity contribution in [3.05, 3.63) is 30.1 Å². The summed E-state index contributed by atoms with van der Waals surface area (Å²) < 4.78 is 28.9. The highest BCUT2D eigenvalue weighted by atomic mass is 19.1. The third-order valence-corrected chi connectivity index (χ3v) is 3.37. The van der Waals surface area contributed by atoms with Gasteiger partial charge in [0.15, 0.2) is 5.96 Å². The largest absolute Gasteiger partial charge is 0.489 e. The van der Waals surface area contributed by atoms with Gasteiger partial charge in [0.05, 0.1) is 19.8 Å². The van der Waals surface area contributed by atoms with Crippen LogP contribution < -0.4 is 15.4 Å². The van der Waals surface area contributed by atoms with Crippen LogP contribution in [0, 0.1) is 5.82 Å². The summed E-state index contributed by atoms with van der Waals surface area (Å²) in [5, 5.41) is 6.46. The molecule has 0 heterocycles. The van der Waals surface area contributed by atoms with Gasteiger partial charge in [-0.15, -0.1) is 0 Å². The molecule has 0 aromatic heterocycles. The summed E-state index contributed by atoms with van der Waals surface area (Å²) in [6.07, 6.45) is 1.91. The van der Waals surface area contributed by atoms with Gasteiger partial charge in [0.1, 0.15) is 17.7 Å². The number of ether oxygens (including phenoxy) is 3. The number of benzene rings is 1. The lowest BCUT2D eigenvalue weighted by Crippen LogP contribution is -2.42. The normalized spacial score (nSPS) is 12.7. The maximum absolute atomic E-state index is 12.9. The summed E-state index contributed by atoms with van der Waals surface area (Å²) in [5.41, 5.74) is 0. The molecule has 1 aromatic rings. The van der Waals surface area contributed by atoms with Crippen LogP contribution in [0.2, 0.25) is 0 Å². The molecule has 1 atom stereocenters. The van der Waals surface area contributed by atoms with Crippen LogP contribution in [-0.4, -0.2) is 59.1 Å². The molecule has 7 heteroatoms. The van der Waals surface area contributed by atoms with E-state index in [2.05, 4.69) is 15.6 Å². The van der Waals surface area contributed by atoms with Crippen LogP contribution in [0.3, 0.4) is 0 Å². The average molecular weight is 355 g/mol. The van der Waals surface area contributed by atoms with Crippen molar-refractivity contribution in [3.8, 4) is 5.75 Å². The van der Waals surface area contributed by atoms with Gasteiger partial charge < -0.3 is 24.8 Å². The third-order valence-electron chi connectivity index (χ3n) is 3.37. The Kier molecular flexibility index (Phi) is 11.4. The Balaban J connectivity index is 2.11. The van der Waals surface area contributed by atoms with Gasteiger partial charge in [-0.3, -0.25) is 4.99 Å². The van der Waals surface area contributed by atoms with E-state index >= 15 is 0 Å². The molecular weight excluding hydrogens is 325 g/mol. The molecule has 6 nitrogen and oxygen atoms in total. The molecule has 1 unspecified atom stereocenters. The van der Waals surface area contributed by atoms with Gasteiger partial charge in [-0.05, 0) is 44.0 Å². The molecule has 142 valence electrons. The van der Waals surface area contributed by atoms with E-state index < -0.39 is 0 Å². The van der Waals surface area contributed by atoms with Crippen LogP contribution in [-0.2, 0) is 9.47 Å². The molecule has 25 heavy (non-hydrogen) atoms. The minimum Gasteiger partial charge on any atom is -0.489 e. The van der Waals surface area contributed by atoms with Gasteiger partial charge in [-0.1, -0.05) is 0 Å². The van der Waals surface area contributed by atoms with Crippen LogP contribution in [0.25, 0.3) is 0 Å². The highest BCUT2D eigenvalue weighted by Gasteiger charge is 2.05. The zero-order valence-corrected chi connectivity index (χ0v) is 15.4. The Morgan fingerprint density at radius 2 is 1.88 bits per heavy atom. The molecule has 0 aliphatic rings. The van der Waals surface area contributed by atoms with Crippen LogP contribution in [0.4, 0.5) is 4.39 Å². The van der Waals surface area contributed by atoms with Gasteiger partial charge >= 0.3 is 0 Å². The van der Waals surface area contributed by atoms with Crippen molar-refractivity contribution < 1.29 is 18.6 Å². The van der Waals surface area contributed by atoms with Gasteiger partial charge in [-0.2, -0.15) is 0 Å². The predicted octanol–water partition coefficient (Wildman–Crippen LogP) is 2.20. The number of nitrogens with zero attached hydrogens (tertiary/aromatic N) is 1. The second-order valence-corrected chi connectivity index (χ2v) is 5.57. The first-order chi connectivity index (χ1) is 12.2. The zero-order chi connectivity index (χ0) is 18.3. The number of unbranched alkanes of at least 4 members (excludes halogenated alkanes) is 1. The summed E-state index contributed by atoms with van der Waals surface area (Å²) in [5.74, 6) is 1.11. The van der Waals surface area contributed by atoms with Crippen molar-refractivity contribution in [2.24, 2.45) is 4.99 Å². The quantitative estimate of drug-likeness (QED) is 0.342. The van der Waals surface area contributed by atoms with Crippen molar-refractivity contribution in [1.29, 1.82) is 0 Å². The minimum atomic E-state index is -0.271. The molecule has 1 rings (SSSR count). The molecule has 0 aliphatic carbocycles. The highest BCUT2D eigenvalue weighted by Crippen LogP contribution is 2.12. The Hall–Kier alpha value is -1.86. The monoisotopic (exact) mass is 355 g/mol. The Labute approximate surface area is 149 Å². The van der Waals surface area contributed by atoms with E-state index in [-0.39, 0.29) is 11.9 Å². The Bertz CT molecular complexity index is 483. The first kappa shape index (κ1) is 21.2. The lowest BCUT2D eigenvalue weighted by Gasteiger charge is -2.17. The molecule has 0 bridgehead atoms. The summed E-state index contributed by atoms with van der Waals surface area (Å²) in [7, 11) is 3.39. The smallest absolute Gasteiger partial charge is 0.191 e. The SMILES string of the molecule is CN=C(NCCCCOCCOC)NCC(C)Oc1ccc(F)cc1. The second kappa shape index (κ2) is 13.4. The lowest BCUT2D eigenvalue weighted by molar-refractivity contribution is 0.0689. The molecule has 0 aliphatic heterocycles. The van der Waals surface area contributed by atoms with Crippen molar-refractivity contribution in [2.45, 2.75) is 25.9 Å². The van der Waals surface area contributed by atoms with E-state index in [1.54, 1.807) is 26.3 Å². The van der Waals surface area contributed by atoms with E-state index in [9.17, 15) is 4.39 Å². The first-order valence-corrected chi connectivity index (χ1v) is 8.59. The Morgan fingerprint density at radius 1 is 1.12 bits per heavy atom. The number of methoxy groups -OCH3 is 1. The lowest BCUT2D eigenvalue weighted by atomic mass is 10.3. The number of hydrogen-bond acceptors (Lipinski definition) is 4. The molecule has 0 fully saturated rings. The van der Waals surface area contributed by atoms with Crippen LogP contribution in [0.5, 0.6) is 5.75 Å². The number of nitrogens with one attached hydrogen (secondary N) is 2. The topological polar surface area (TPSA) is 64.1 Å². The molecular formula is C18H30FN3O3. The summed E-state index contributed by atoms with van der Waals surface area (Å²) >= 11 is 0. The van der Waals surface area contributed by atoms with Crippen molar-refractivity contribution in [2.75, 3.05) is 47.1 Å².